The molecule has 2 amide bonds. The number of benzene rings is 4. The van der Waals surface area contributed by atoms with Crippen LogP contribution in [0.25, 0.3) is 9.69 Å². The molecule has 4 N–H and O–H groups in total. The topological polar surface area (TPSA) is 142 Å². The first-order valence-corrected chi connectivity index (χ1v) is 14.5. The zero-order valence-corrected chi connectivity index (χ0v) is 24.1. The Hall–Kier alpha value is -6.26. The van der Waals surface area contributed by atoms with E-state index < -0.39 is 22.8 Å². The van der Waals surface area contributed by atoms with Gasteiger partial charge in [0.05, 0.1) is 35.1 Å². The summed E-state index contributed by atoms with van der Waals surface area (Å²) in [7, 11) is 0. The van der Waals surface area contributed by atoms with Gasteiger partial charge in [0.15, 0.2) is 11.4 Å². The van der Waals surface area contributed by atoms with E-state index in [9.17, 15) is 29.4 Å². The van der Waals surface area contributed by atoms with Crippen LogP contribution in [0, 0.1) is 13.1 Å². The fourth-order valence-electron chi connectivity index (χ4n) is 7.01. The Morgan fingerprint density at radius 3 is 1.33 bits per heavy atom. The average molecular weight is 609 g/mol. The van der Waals surface area contributed by atoms with Gasteiger partial charge in [0.1, 0.15) is 0 Å². The highest BCUT2D eigenvalue weighted by atomic mass is 16.4. The highest BCUT2D eigenvalue weighted by Crippen LogP contribution is 2.66. The van der Waals surface area contributed by atoms with Crippen LogP contribution in [0.3, 0.4) is 0 Å². The van der Waals surface area contributed by atoms with Crippen molar-refractivity contribution in [3.63, 3.8) is 0 Å². The van der Waals surface area contributed by atoms with Crippen molar-refractivity contribution in [2.45, 2.75) is 35.5 Å². The molecule has 224 valence electrons. The SMILES string of the molecule is [C-]#[N+]c1ccc([C@@H]2C[C@@]23C(=O)Nc2ccc(C(=O)O)cc23)cc1.[C-]#[N+]c1ccc([C@H]2C[C@]23C(=O)Nc2ccc(C(=O)O)cc23)cc1. The maximum atomic E-state index is 12.5. The van der Waals surface area contributed by atoms with Gasteiger partial charge in [0, 0.05) is 23.2 Å². The van der Waals surface area contributed by atoms with Gasteiger partial charge in [-0.3, -0.25) is 9.59 Å². The smallest absolute Gasteiger partial charge is 0.335 e. The number of nitrogens with zero attached hydrogens (tertiary/aromatic N) is 2. The summed E-state index contributed by atoms with van der Waals surface area (Å²) in [6.45, 7) is 14.0. The number of carbonyl (C=O) groups excluding carboxylic acids is 2. The molecule has 46 heavy (non-hydrogen) atoms. The Morgan fingerprint density at radius 2 is 1.00 bits per heavy atom. The number of carbonyl (C=O) groups is 4. The van der Waals surface area contributed by atoms with Crippen molar-refractivity contribution in [1.29, 1.82) is 0 Å². The predicted molar refractivity (Wildman–Crippen MR) is 168 cm³/mol. The highest BCUT2D eigenvalue weighted by Gasteiger charge is 2.66. The Bertz CT molecular complexity index is 1940. The van der Waals surface area contributed by atoms with Gasteiger partial charge in [0.2, 0.25) is 11.8 Å². The molecule has 10 nitrogen and oxygen atoms in total. The van der Waals surface area contributed by atoms with Crippen LogP contribution >= 0.6 is 0 Å². The van der Waals surface area contributed by atoms with Crippen LogP contribution in [0.1, 0.15) is 67.6 Å². The summed E-state index contributed by atoms with van der Waals surface area (Å²) in [5, 5.41) is 24.1. The molecule has 2 aliphatic heterocycles. The number of carboxylic acid groups (broad SMARTS) is 2. The van der Waals surface area contributed by atoms with Gasteiger partial charge in [-0.15, -0.1) is 0 Å². The molecule has 2 spiro atoms. The van der Waals surface area contributed by atoms with Crippen molar-refractivity contribution < 1.29 is 29.4 Å². The molecule has 4 aliphatic rings. The van der Waals surface area contributed by atoms with E-state index in [1.807, 2.05) is 24.3 Å². The predicted octanol–water partition coefficient (Wildman–Crippen LogP) is 6.63. The molecular formula is C36H24N4O6. The second-order valence-corrected chi connectivity index (χ2v) is 11.9. The number of amides is 2. The molecule has 2 aliphatic carbocycles. The number of hydrogen-bond donors (Lipinski definition) is 4. The molecule has 8 rings (SSSR count). The largest absolute Gasteiger partial charge is 0.478 e. The Kier molecular flexibility index (Phi) is 6.29. The van der Waals surface area contributed by atoms with E-state index in [4.69, 9.17) is 13.1 Å². The molecule has 2 heterocycles. The number of hydrogen-bond acceptors (Lipinski definition) is 4. The molecule has 0 aromatic heterocycles. The number of anilines is 2. The van der Waals surface area contributed by atoms with Crippen molar-refractivity contribution in [3.05, 3.63) is 141 Å². The number of fused-ring (bicyclic) bond motifs is 4. The quantitative estimate of drug-likeness (QED) is 0.192. The van der Waals surface area contributed by atoms with Crippen LogP contribution in [0.2, 0.25) is 0 Å². The standard InChI is InChI=1S/2C18H12N2O3/c2*1-19-12-5-2-10(3-6-12)14-9-18(14)13-8-11(16(21)22)4-7-15(13)20-17(18)23/h2*2-8,14H,9H2,(H,20,23)(H,21,22)/t2*14-,18-/m10/s1. The van der Waals surface area contributed by atoms with Crippen LogP contribution in [0.5, 0.6) is 0 Å². The molecule has 0 unspecified atom stereocenters. The highest BCUT2D eigenvalue weighted by molar-refractivity contribution is 6.11. The lowest BCUT2D eigenvalue weighted by molar-refractivity contribution is -0.118. The average Bonchev–Trinajstić information content (AvgIpc) is 3.95. The summed E-state index contributed by atoms with van der Waals surface area (Å²) >= 11 is 0. The van der Waals surface area contributed by atoms with Gasteiger partial charge in [-0.1, -0.05) is 48.5 Å². The number of carboxylic acids is 2. The minimum Gasteiger partial charge on any atom is -0.478 e. The van der Waals surface area contributed by atoms with E-state index in [0.717, 1.165) is 22.3 Å². The minimum atomic E-state index is -0.999. The lowest BCUT2D eigenvalue weighted by Gasteiger charge is -2.09. The van der Waals surface area contributed by atoms with Crippen molar-refractivity contribution in [2.75, 3.05) is 10.6 Å². The molecule has 4 aromatic carbocycles. The third-order valence-corrected chi connectivity index (χ3v) is 9.57. The molecule has 10 heteroatoms. The number of rotatable bonds is 4. The van der Waals surface area contributed by atoms with Crippen LogP contribution in [0.15, 0.2) is 84.9 Å². The zero-order valence-electron chi connectivity index (χ0n) is 24.1. The second kappa shape index (κ2) is 10.1. The van der Waals surface area contributed by atoms with Crippen LogP contribution < -0.4 is 10.6 Å². The van der Waals surface area contributed by atoms with Crippen molar-refractivity contribution >= 4 is 46.5 Å². The monoisotopic (exact) mass is 608 g/mol. The lowest BCUT2D eigenvalue weighted by atomic mass is 9.91. The van der Waals surface area contributed by atoms with Crippen molar-refractivity contribution in [2.24, 2.45) is 0 Å². The first kappa shape index (κ1) is 28.5. The van der Waals surface area contributed by atoms with Gasteiger partial charge in [-0.25, -0.2) is 19.3 Å². The fourth-order valence-corrected chi connectivity index (χ4v) is 7.01. The van der Waals surface area contributed by atoms with Gasteiger partial charge in [0.25, 0.3) is 0 Å². The van der Waals surface area contributed by atoms with E-state index in [2.05, 4.69) is 20.3 Å². The van der Waals surface area contributed by atoms with Crippen LogP contribution in [0.4, 0.5) is 22.7 Å². The van der Waals surface area contributed by atoms with E-state index in [0.29, 0.717) is 35.6 Å². The molecule has 2 saturated carbocycles. The van der Waals surface area contributed by atoms with E-state index in [1.54, 1.807) is 48.5 Å². The molecule has 4 atom stereocenters. The summed E-state index contributed by atoms with van der Waals surface area (Å²) in [5.41, 5.74) is 5.09. The third kappa shape index (κ3) is 4.23. The van der Waals surface area contributed by atoms with E-state index in [1.165, 1.54) is 12.1 Å². The normalized spacial score (nSPS) is 24.0. The lowest BCUT2D eigenvalue weighted by Crippen LogP contribution is -2.21. The van der Waals surface area contributed by atoms with Crippen molar-refractivity contribution in [3.8, 4) is 0 Å². The summed E-state index contributed by atoms with van der Waals surface area (Å²) in [5.74, 6) is -2.11. The fraction of sp³-hybridized carbons (Fsp3) is 0.167. The number of nitrogens with one attached hydrogen (secondary N) is 2. The maximum Gasteiger partial charge on any atom is 0.335 e. The van der Waals surface area contributed by atoms with Crippen LogP contribution in [-0.2, 0) is 20.4 Å². The summed E-state index contributed by atoms with van der Waals surface area (Å²) in [6.07, 6.45) is 1.32. The van der Waals surface area contributed by atoms with Crippen LogP contribution in [-0.4, -0.2) is 34.0 Å². The van der Waals surface area contributed by atoms with Gasteiger partial charge >= 0.3 is 11.9 Å². The summed E-state index contributed by atoms with van der Waals surface area (Å²) < 4.78 is 0. The van der Waals surface area contributed by atoms with Crippen molar-refractivity contribution in [1.82, 2.24) is 0 Å². The zero-order chi connectivity index (χ0) is 32.4. The molecular weight excluding hydrogens is 584 g/mol. The van der Waals surface area contributed by atoms with E-state index in [-0.39, 0.29) is 34.8 Å². The van der Waals surface area contributed by atoms with Gasteiger partial charge in [-0.2, -0.15) is 0 Å². The molecule has 0 radical (unpaired) electrons. The van der Waals surface area contributed by atoms with E-state index >= 15 is 0 Å². The summed E-state index contributed by atoms with van der Waals surface area (Å²) in [4.78, 5) is 54.1. The molecule has 4 aromatic rings. The summed E-state index contributed by atoms with van der Waals surface area (Å²) in [6, 6.07) is 24.0. The Labute approximate surface area is 263 Å². The first-order valence-electron chi connectivity index (χ1n) is 14.5. The third-order valence-electron chi connectivity index (χ3n) is 9.57. The minimum absolute atomic E-state index is 0.0209. The second-order valence-electron chi connectivity index (χ2n) is 11.9. The first-order chi connectivity index (χ1) is 22.1. The Morgan fingerprint density at radius 1 is 0.630 bits per heavy atom. The number of aromatic carboxylic acids is 2. The molecule has 2 fully saturated rings. The Balaban J connectivity index is 0.000000147. The maximum absolute atomic E-state index is 12.5. The molecule has 0 bridgehead atoms. The van der Waals surface area contributed by atoms with Gasteiger partial charge < -0.3 is 20.8 Å². The molecule has 0 saturated heterocycles. The van der Waals surface area contributed by atoms with Gasteiger partial charge in [-0.05, 0) is 71.5 Å².